The maximum absolute atomic E-state index is 5.58. The lowest BCUT2D eigenvalue weighted by atomic mass is 10.1. The van der Waals surface area contributed by atoms with Gasteiger partial charge in [-0.1, -0.05) is 47.6 Å². The molecule has 4 heteroatoms. The van der Waals surface area contributed by atoms with Gasteiger partial charge in [-0.2, -0.15) is 4.98 Å². The molecule has 100 valence electrons. The number of hydrogen-bond donors (Lipinski definition) is 1. The number of nitrogens with two attached hydrogens (primary N) is 1. The fourth-order valence-corrected chi connectivity index (χ4v) is 2.00. The van der Waals surface area contributed by atoms with Crippen LogP contribution in [0.2, 0.25) is 0 Å². The van der Waals surface area contributed by atoms with Gasteiger partial charge >= 0.3 is 0 Å². The summed E-state index contributed by atoms with van der Waals surface area (Å²) in [5.74, 6) is 1.23. The van der Waals surface area contributed by atoms with Gasteiger partial charge in [0.25, 0.3) is 5.89 Å². The van der Waals surface area contributed by atoms with E-state index in [-0.39, 0.29) is 0 Å². The van der Waals surface area contributed by atoms with E-state index < -0.39 is 0 Å². The SMILES string of the molecule is NCc1ccc(-c2nc(Cc3ccccc3)no2)cc1. The second kappa shape index (κ2) is 5.67. The highest BCUT2D eigenvalue weighted by Gasteiger charge is 2.09. The van der Waals surface area contributed by atoms with Crippen LogP contribution in [0.5, 0.6) is 0 Å². The number of nitrogens with zero attached hydrogens (tertiary/aromatic N) is 2. The van der Waals surface area contributed by atoms with Crippen molar-refractivity contribution in [2.75, 3.05) is 0 Å². The molecule has 2 aromatic carbocycles. The van der Waals surface area contributed by atoms with Gasteiger partial charge < -0.3 is 10.3 Å². The highest BCUT2D eigenvalue weighted by atomic mass is 16.5. The number of benzene rings is 2. The molecule has 0 unspecified atom stereocenters. The number of hydrogen-bond acceptors (Lipinski definition) is 4. The predicted octanol–water partition coefficient (Wildman–Crippen LogP) is 2.79. The van der Waals surface area contributed by atoms with Crippen LogP contribution in [-0.4, -0.2) is 10.1 Å². The summed E-state index contributed by atoms with van der Waals surface area (Å²) >= 11 is 0. The molecule has 0 aliphatic carbocycles. The van der Waals surface area contributed by atoms with Crippen LogP contribution in [0.1, 0.15) is 17.0 Å². The first-order valence-electron chi connectivity index (χ1n) is 6.51. The molecular formula is C16H15N3O. The van der Waals surface area contributed by atoms with Gasteiger partial charge in [0.2, 0.25) is 0 Å². The lowest BCUT2D eigenvalue weighted by Crippen LogP contribution is -1.95. The van der Waals surface area contributed by atoms with Crippen molar-refractivity contribution in [2.24, 2.45) is 5.73 Å². The van der Waals surface area contributed by atoms with Gasteiger partial charge in [0.05, 0.1) is 0 Å². The van der Waals surface area contributed by atoms with Crippen molar-refractivity contribution in [1.29, 1.82) is 0 Å². The summed E-state index contributed by atoms with van der Waals surface area (Å²) in [6.07, 6.45) is 0.672. The Morgan fingerprint density at radius 1 is 0.900 bits per heavy atom. The van der Waals surface area contributed by atoms with E-state index in [2.05, 4.69) is 10.1 Å². The minimum Gasteiger partial charge on any atom is -0.334 e. The molecule has 1 aromatic heterocycles. The van der Waals surface area contributed by atoms with Crippen LogP contribution in [0.3, 0.4) is 0 Å². The maximum Gasteiger partial charge on any atom is 0.257 e. The Morgan fingerprint density at radius 2 is 1.65 bits per heavy atom. The third-order valence-electron chi connectivity index (χ3n) is 3.11. The summed E-state index contributed by atoms with van der Waals surface area (Å²) in [4.78, 5) is 4.42. The zero-order valence-electron chi connectivity index (χ0n) is 11.0. The van der Waals surface area contributed by atoms with Crippen LogP contribution in [0.15, 0.2) is 59.1 Å². The van der Waals surface area contributed by atoms with Gasteiger partial charge in [0.15, 0.2) is 5.82 Å². The number of rotatable bonds is 4. The van der Waals surface area contributed by atoms with Gasteiger partial charge in [-0.05, 0) is 23.3 Å². The molecule has 4 nitrogen and oxygen atoms in total. The Balaban J connectivity index is 1.79. The summed E-state index contributed by atoms with van der Waals surface area (Å²) in [6, 6.07) is 17.9. The Morgan fingerprint density at radius 3 is 2.35 bits per heavy atom. The van der Waals surface area contributed by atoms with Crippen molar-refractivity contribution < 1.29 is 4.52 Å². The predicted molar refractivity (Wildman–Crippen MR) is 76.9 cm³/mol. The second-order valence-corrected chi connectivity index (χ2v) is 4.58. The van der Waals surface area contributed by atoms with Gasteiger partial charge in [-0.3, -0.25) is 0 Å². The van der Waals surface area contributed by atoms with Crippen molar-refractivity contribution in [2.45, 2.75) is 13.0 Å². The Bertz CT molecular complexity index is 674. The molecular weight excluding hydrogens is 250 g/mol. The molecule has 0 bridgehead atoms. The van der Waals surface area contributed by atoms with E-state index in [4.69, 9.17) is 10.3 Å². The molecule has 0 atom stereocenters. The van der Waals surface area contributed by atoms with Crippen molar-refractivity contribution >= 4 is 0 Å². The number of aromatic nitrogens is 2. The normalized spacial score (nSPS) is 10.7. The van der Waals surface area contributed by atoms with E-state index in [1.54, 1.807) is 0 Å². The highest BCUT2D eigenvalue weighted by Crippen LogP contribution is 2.18. The molecule has 0 saturated carbocycles. The van der Waals surface area contributed by atoms with E-state index in [0.29, 0.717) is 24.7 Å². The minimum absolute atomic E-state index is 0.531. The summed E-state index contributed by atoms with van der Waals surface area (Å²) < 4.78 is 5.30. The summed E-state index contributed by atoms with van der Waals surface area (Å²) in [5, 5.41) is 4.02. The van der Waals surface area contributed by atoms with E-state index >= 15 is 0 Å². The molecule has 3 aromatic rings. The first kappa shape index (κ1) is 12.6. The molecule has 0 amide bonds. The van der Waals surface area contributed by atoms with Gasteiger partial charge in [0.1, 0.15) is 0 Å². The quantitative estimate of drug-likeness (QED) is 0.787. The third kappa shape index (κ3) is 2.75. The van der Waals surface area contributed by atoms with E-state index in [9.17, 15) is 0 Å². The molecule has 0 aliphatic rings. The smallest absolute Gasteiger partial charge is 0.257 e. The minimum atomic E-state index is 0.531. The lowest BCUT2D eigenvalue weighted by molar-refractivity contribution is 0.424. The molecule has 2 N–H and O–H groups in total. The van der Waals surface area contributed by atoms with Crippen LogP contribution in [0.25, 0.3) is 11.5 Å². The van der Waals surface area contributed by atoms with E-state index in [1.165, 1.54) is 5.56 Å². The maximum atomic E-state index is 5.58. The lowest BCUT2D eigenvalue weighted by Gasteiger charge is -1.97. The fourth-order valence-electron chi connectivity index (χ4n) is 2.00. The average molecular weight is 265 g/mol. The van der Waals surface area contributed by atoms with Gasteiger partial charge in [-0.15, -0.1) is 0 Å². The summed E-state index contributed by atoms with van der Waals surface area (Å²) in [5.41, 5.74) is 8.73. The molecule has 3 rings (SSSR count). The summed E-state index contributed by atoms with van der Waals surface area (Å²) in [6.45, 7) is 0.531. The molecule has 20 heavy (non-hydrogen) atoms. The third-order valence-corrected chi connectivity index (χ3v) is 3.11. The Hall–Kier alpha value is -2.46. The van der Waals surface area contributed by atoms with E-state index in [1.807, 2.05) is 54.6 Å². The molecule has 0 aliphatic heterocycles. The monoisotopic (exact) mass is 265 g/mol. The molecule has 1 heterocycles. The van der Waals surface area contributed by atoms with Crippen LogP contribution in [0.4, 0.5) is 0 Å². The standard InChI is InChI=1S/C16H15N3O/c17-11-13-6-8-14(9-7-13)16-18-15(19-20-16)10-12-4-2-1-3-5-12/h1-9H,10-11,17H2. The molecule has 0 radical (unpaired) electrons. The van der Waals surface area contributed by atoms with Crippen LogP contribution in [-0.2, 0) is 13.0 Å². The van der Waals surface area contributed by atoms with Gasteiger partial charge in [-0.25, -0.2) is 0 Å². The Kier molecular flexibility index (Phi) is 3.56. The van der Waals surface area contributed by atoms with Crippen LogP contribution < -0.4 is 5.73 Å². The van der Waals surface area contributed by atoms with Crippen molar-refractivity contribution in [3.8, 4) is 11.5 Å². The fraction of sp³-hybridized carbons (Fsp3) is 0.125. The average Bonchev–Trinajstić information content (AvgIpc) is 2.97. The largest absolute Gasteiger partial charge is 0.334 e. The summed E-state index contributed by atoms with van der Waals surface area (Å²) in [7, 11) is 0. The van der Waals surface area contributed by atoms with E-state index in [0.717, 1.165) is 11.1 Å². The highest BCUT2D eigenvalue weighted by molar-refractivity contribution is 5.53. The Labute approximate surface area is 117 Å². The first-order chi connectivity index (χ1) is 9.85. The van der Waals surface area contributed by atoms with Gasteiger partial charge in [0, 0.05) is 18.5 Å². The van der Waals surface area contributed by atoms with Crippen molar-refractivity contribution in [3.63, 3.8) is 0 Å². The van der Waals surface area contributed by atoms with Crippen molar-refractivity contribution in [3.05, 3.63) is 71.5 Å². The molecule has 0 spiro atoms. The molecule has 0 fully saturated rings. The zero-order valence-corrected chi connectivity index (χ0v) is 11.0. The second-order valence-electron chi connectivity index (χ2n) is 4.58. The zero-order chi connectivity index (χ0) is 13.8. The first-order valence-corrected chi connectivity index (χ1v) is 6.51. The molecule has 0 saturated heterocycles. The van der Waals surface area contributed by atoms with Crippen molar-refractivity contribution in [1.82, 2.24) is 10.1 Å². The van der Waals surface area contributed by atoms with Crippen LogP contribution in [0, 0.1) is 0 Å². The van der Waals surface area contributed by atoms with Crippen LogP contribution >= 0.6 is 0 Å². The topological polar surface area (TPSA) is 64.9 Å².